The van der Waals surface area contributed by atoms with Crippen LogP contribution in [0, 0.1) is 0 Å². The van der Waals surface area contributed by atoms with Gasteiger partial charge in [-0.15, -0.1) is 11.8 Å². The van der Waals surface area contributed by atoms with Crippen molar-refractivity contribution in [2.24, 2.45) is 0 Å². The summed E-state index contributed by atoms with van der Waals surface area (Å²) < 4.78 is 11.5. The summed E-state index contributed by atoms with van der Waals surface area (Å²) in [5, 5.41) is 2.86. The van der Waals surface area contributed by atoms with E-state index in [1.807, 2.05) is 24.3 Å². The topological polar surface area (TPSA) is 47.6 Å². The first-order valence-corrected chi connectivity index (χ1v) is 8.91. The van der Waals surface area contributed by atoms with Gasteiger partial charge in [-0.25, -0.2) is 0 Å². The van der Waals surface area contributed by atoms with Gasteiger partial charge in [0.05, 0.1) is 25.7 Å². The number of amides is 1. The lowest BCUT2D eigenvalue weighted by atomic mass is 10.2. The van der Waals surface area contributed by atoms with E-state index in [1.54, 1.807) is 44.2 Å². The Morgan fingerprint density at radius 2 is 1.87 bits per heavy atom. The molecule has 0 unspecified atom stereocenters. The number of rotatable bonds is 7. The van der Waals surface area contributed by atoms with Crippen molar-refractivity contribution in [3.05, 3.63) is 52.5 Å². The molecule has 0 fully saturated rings. The third-order valence-electron chi connectivity index (χ3n) is 3.10. The van der Waals surface area contributed by atoms with E-state index < -0.39 is 0 Å². The molecule has 0 saturated carbocycles. The minimum absolute atomic E-state index is 0.0596. The maximum atomic E-state index is 12.1. The van der Waals surface area contributed by atoms with E-state index in [-0.39, 0.29) is 5.91 Å². The van der Waals surface area contributed by atoms with E-state index in [4.69, 9.17) is 9.47 Å². The summed E-state index contributed by atoms with van der Waals surface area (Å²) in [5.41, 5.74) is 1.83. The summed E-state index contributed by atoms with van der Waals surface area (Å²) >= 11 is 4.97. The third-order valence-corrected chi connectivity index (χ3v) is 4.63. The van der Waals surface area contributed by atoms with Crippen molar-refractivity contribution in [2.75, 3.05) is 25.3 Å². The van der Waals surface area contributed by atoms with E-state index in [0.717, 1.165) is 10.2 Å². The van der Waals surface area contributed by atoms with Gasteiger partial charge < -0.3 is 14.8 Å². The lowest BCUT2D eigenvalue weighted by molar-refractivity contribution is -0.113. The highest BCUT2D eigenvalue weighted by Crippen LogP contribution is 2.29. The zero-order valence-corrected chi connectivity index (χ0v) is 15.4. The fourth-order valence-electron chi connectivity index (χ4n) is 1.93. The molecule has 0 aliphatic carbocycles. The van der Waals surface area contributed by atoms with Crippen LogP contribution in [0.25, 0.3) is 0 Å². The lowest BCUT2D eigenvalue weighted by Crippen LogP contribution is -2.14. The number of halogens is 1. The average molecular weight is 396 g/mol. The summed E-state index contributed by atoms with van der Waals surface area (Å²) in [6.45, 7) is 0. The van der Waals surface area contributed by atoms with Crippen molar-refractivity contribution in [1.29, 1.82) is 0 Å². The first-order valence-electron chi connectivity index (χ1n) is 6.96. The SMILES string of the molecule is COc1ccc(NC(=O)CSCc2ccc(Br)cc2)c(OC)c1. The summed E-state index contributed by atoms with van der Waals surface area (Å²) in [7, 11) is 3.15. The van der Waals surface area contributed by atoms with E-state index >= 15 is 0 Å². The van der Waals surface area contributed by atoms with E-state index in [0.29, 0.717) is 22.9 Å². The highest BCUT2D eigenvalue weighted by molar-refractivity contribution is 9.10. The summed E-state index contributed by atoms with van der Waals surface area (Å²) in [5.74, 6) is 2.38. The molecule has 0 aliphatic rings. The second kappa shape index (κ2) is 8.84. The largest absolute Gasteiger partial charge is 0.497 e. The van der Waals surface area contributed by atoms with Gasteiger partial charge >= 0.3 is 0 Å². The Hall–Kier alpha value is -1.66. The first-order chi connectivity index (χ1) is 11.1. The van der Waals surface area contributed by atoms with Gasteiger partial charge in [0, 0.05) is 16.3 Å². The fourth-order valence-corrected chi connectivity index (χ4v) is 2.98. The Bertz CT molecular complexity index is 661. The van der Waals surface area contributed by atoms with Crippen molar-refractivity contribution in [3.63, 3.8) is 0 Å². The minimum Gasteiger partial charge on any atom is -0.497 e. The maximum Gasteiger partial charge on any atom is 0.234 e. The quantitative estimate of drug-likeness (QED) is 0.757. The van der Waals surface area contributed by atoms with Gasteiger partial charge in [-0.05, 0) is 29.8 Å². The number of carbonyl (C=O) groups excluding carboxylic acids is 1. The van der Waals surface area contributed by atoms with Crippen molar-refractivity contribution in [1.82, 2.24) is 0 Å². The van der Waals surface area contributed by atoms with Crippen LogP contribution in [-0.4, -0.2) is 25.9 Å². The molecule has 122 valence electrons. The molecule has 0 heterocycles. The molecule has 4 nitrogen and oxygen atoms in total. The van der Waals surface area contributed by atoms with Crippen LogP contribution in [0.5, 0.6) is 11.5 Å². The molecule has 2 aromatic rings. The Kier molecular flexibility index (Phi) is 6.80. The highest BCUT2D eigenvalue weighted by Gasteiger charge is 2.09. The number of ether oxygens (including phenoxy) is 2. The number of hydrogen-bond acceptors (Lipinski definition) is 4. The van der Waals surface area contributed by atoms with Crippen LogP contribution in [0.3, 0.4) is 0 Å². The van der Waals surface area contributed by atoms with Gasteiger partial charge in [-0.3, -0.25) is 4.79 Å². The van der Waals surface area contributed by atoms with Crippen LogP contribution in [0.15, 0.2) is 46.9 Å². The van der Waals surface area contributed by atoms with Crippen LogP contribution in [0.1, 0.15) is 5.56 Å². The number of hydrogen-bond donors (Lipinski definition) is 1. The van der Waals surface area contributed by atoms with Crippen LogP contribution >= 0.6 is 27.7 Å². The molecule has 1 N–H and O–H groups in total. The smallest absolute Gasteiger partial charge is 0.234 e. The maximum absolute atomic E-state index is 12.1. The first kappa shape index (κ1) is 17.7. The van der Waals surface area contributed by atoms with Crippen molar-refractivity contribution in [2.45, 2.75) is 5.75 Å². The van der Waals surface area contributed by atoms with Crippen LogP contribution < -0.4 is 14.8 Å². The van der Waals surface area contributed by atoms with Gasteiger partial charge in [0.25, 0.3) is 0 Å². The Morgan fingerprint density at radius 1 is 1.13 bits per heavy atom. The third kappa shape index (κ3) is 5.48. The van der Waals surface area contributed by atoms with Gasteiger partial charge in [0.15, 0.2) is 0 Å². The Balaban J connectivity index is 1.86. The van der Waals surface area contributed by atoms with Crippen molar-refractivity contribution >= 4 is 39.3 Å². The van der Waals surface area contributed by atoms with Crippen molar-refractivity contribution < 1.29 is 14.3 Å². The minimum atomic E-state index is -0.0596. The monoisotopic (exact) mass is 395 g/mol. The number of thioether (sulfide) groups is 1. The fraction of sp³-hybridized carbons (Fsp3) is 0.235. The van der Waals surface area contributed by atoms with Gasteiger partial charge in [0.1, 0.15) is 11.5 Å². The normalized spacial score (nSPS) is 10.2. The van der Waals surface area contributed by atoms with E-state index in [1.165, 1.54) is 5.56 Å². The molecular weight excluding hydrogens is 378 g/mol. The predicted octanol–water partition coefficient (Wildman–Crippen LogP) is 4.34. The number of nitrogens with one attached hydrogen (secondary N) is 1. The molecule has 0 saturated heterocycles. The molecule has 0 atom stereocenters. The highest BCUT2D eigenvalue weighted by atomic mass is 79.9. The van der Waals surface area contributed by atoms with Gasteiger partial charge in [-0.1, -0.05) is 28.1 Å². The molecular formula is C17H18BrNO3S. The molecule has 0 spiro atoms. The number of methoxy groups -OCH3 is 2. The number of anilines is 1. The molecule has 0 bridgehead atoms. The molecule has 23 heavy (non-hydrogen) atoms. The number of benzene rings is 2. The van der Waals surface area contributed by atoms with E-state index in [9.17, 15) is 4.79 Å². The second-order valence-corrected chi connectivity index (χ2v) is 6.63. The summed E-state index contributed by atoms with van der Waals surface area (Å²) in [6.07, 6.45) is 0. The lowest BCUT2D eigenvalue weighted by Gasteiger charge is -2.11. The predicted molar refractivity (Wildman–Crippen MR) is 98.5 cm³/mol. The molecule has 0 aliphatic heterocycles. The van der Waals surface area contributed by atoms with Gasteiger partial charge in [0.2, 0.25) is 5.91 Å². The zero-order valence-electron chi connectivity index (χ0n) is 13.0. The van der Waals surface area contributed by atoms with Crippen LogP contribution in [0.2, 0.25) is 0 Å². The summed E-state index contributed by atoms with van der Waals surface area (Å²) in [6, 6.07) is 13.4. The molecule has 2 aromatic carbocycles. The van der Waals surface area contributed by atoms with Gasteiger partial charge in [-0.2, -0.15) is 0 Å². The van der Waals surface area contributed by atoms with Crippen molar-refractivity contribution in [3.8, 4) is 11.5 Å². The Morgan fingerprint density at radius 3 is 2.52 bits per heavy atom. The standard InChI is InChI=1S/C17H18BrNO3S/c1-21-14-7-8-15(16(9-14)22-2)19-17(20)11-23-10-12-3-5-13(18)6-4-12/h3-9H,10-11H2,1-2H3,(H,19,20). The van der Waals surface area contributed by atoms with Crippen LogP contribution in [-0.2, 0) is 10.5 Å². The molecule has 1 amide bonds. The summed E-state index contributed by atoms with van der Waals surface area (Å²) in [4.78, 5) is 12.1. The number of carbonyl (C=O) groups is 1. The zero-order chi connectivity index (χ0) is 16.7. The molecule has 2 rings (SSSR count). The average Bonchev–Trinajstić information content (AvgIpc) is 2.57. The molecule has 0 radical (unpaired) electrons. The second-order valence-electron chi connectivity index (χ2n) is 4.73. The van der Waals surface area contributed by atoms with E-state index in [2.05, 4.69) is 21.2 Å². The molecule has 6 heteroatoms. The Labute approximate surface area is 148 Å². The molecule has 0 aromatic heterocycles. The van der Waals surface area contributed by atoms with Crippen LogP contribution in [0.4, 0.5) is 5.69 Å².